The summed E-state index contributed by atoms with van der Waals surface area (Å²) in [6, 6.07) is 0. The Morgan fingerprint density at radius 1 is 1.13 bits per heavy atom. The van der Waals surface area contributed by atoms with Gasteiger partial charge in [0.15, 0.2) is 0 Å². The molecule has 1 aliphatic heterocycles. The van der Waals surface area contributed by atoms with E-state index in [4.69, 9.17) is 16.3 Å². The molecule has 0 aromatic heterocycles. The van der Waals surface area contributed by atoms with Gasteiger partial charge in [-0.05, 0) is 31.6 Å². The highest BCUT2D eigenvalue weighted by Crippen LogP contribution is 2.31. The van der Waals surface area contributed by atoms with Crippen molar-refractivity contribution in [2.24, 2.45) is 5.92 Å². The van der Waals surface area contributed by atoms with Crippen LogP contribution in [0.5, 0.6) is 0 Å². The molecule has 2 heteroatoms. The molecule has 0 N–H and O–H groups in total. The molecule has 2 rings (SSSR count). The van der Waals surface area contributed by atoms with E-state index in [0.717, 1.165) is 12.5 Å². The molecule has 0 aromatic carbocycles. The lowest BCUT2D eigenvalue weighted by Crippen LogP contribution is -2.13. The Balaban J connectivity index is 1.94. The summed E-state index contributed by atoms with van der Waals surface area (Å²) < 4.78 is 5.64. The Hall–Kier alpha value is -0.0100. The number of rotatable bonds is 3. The zero-order valence-corrected chi connectivity index (χ0v) is 10.1. The second-order valence-electron chi connectivity index (χ2n) is 4.76. The minimum atomic E-state index is 0.362. The van der Waals surface area contributed by atoms with Crippen LogP contribution in [0, 0.1) is 5.92 Å². The third-order valence-corrected chi connectivity index (χ3v) is 3.96. The van der Waals surface area contributed by atoms with Gasteiger partial charge in [0.2, 0.25) is 0 Å². The zero-order chi connectivity index (χ0) is 10.5. The SMILES string of the molecule is ClCC(=CC1CCCO1)C1CCCCC1. The normalized spacial score (nSPS) is 29.7. The molecule has 0 radical (unpaired) electrons. The van der Waals surface area contributed by atoms with Crippen molar-refractivity contribution >= 4 is 11.6 Å². The van der Waals surface area contributed by atoms with Gasteiger partial charge < -0.3 is 4.74 Å². The van der Waals surface area contributed by atoms with E-state index in [9.17, 15) is 0 Å². The van der Waals surface area contributed by atoms with Crippen molar-refractivity contribution < 1.29 is 4.74 Å². The fourth-order valence-corrected chi connectivity index (χ4v) is 3.04. The minimum absolute atomic E-state index is 0.362. The molecule has 2 aliphatic rings. The van der Waals surface area contributed by atoms with Crippen LogP contribution in [0.15, 0.2) is 11.6 Å². The summed E-state index contributed by atoms with van der Waals surface area (Å²) >= 11 is 6.06. The molecule has 1 nitrogen and oxygen atoms in total. The van der Waals surface area contributed by atoms with Crippen molar-refractivity contribution in [3.8, 4) is 0 Å². The van der Waals surface area contributed by atoms with Gasteiger partial charge in [0.25, 0.3) is 0 Å². The second kappa shape index (κ2) is 5.91. The van der Waals surface area contributed by atoms with Gasteiger partial charge in [-0.25, -0.2) is 0 Å². The van der Waals surface area contributed by atoms with Crippen LogP contribution in [0.4, 0.5) is 0 Å². The Morgan fingerprint density at radius 3 is 2.53 bits per heavy atom. The minimum Gasteiger partial charge on any atom is -0.374 e. The second-order valence-corrected chi connectivity index (χ2v) is 5.03. The molecule has 0 amide bonds. The first-order chi connectivity index (χ1) is 7.40. The van der Waals surface area contributed by atoms with E-state index >= 15 is 0 Å². The molecule has 0 bridgehead atoms. The smallest absolute Gasteiger partial charge is 0.0759 e. The van der Waals surface area contributed by atoms with E-state index in [2.05, 4.69) is 6.08 Å². The van der Waals surface area contributed by atoms with Gasteiger partial charge in [0.05, 0.1) is 6.10 Å². The lowest BCUT2D eigenvalue weighted by atomic mass is 9.84. The standard InChI is InChI=1S/C13H21ClO/c14-10-12(9-13-7-4-8-15-13)11-5-2-1-3-6-11/h9,11,13H,1-8,10H2. The number of allylic oxidation sites excluding steroid dienone is 1. The van der Waals surface area contributed by atoms with Crippen molar-refractivity contribution in [3.63, 3.8) is 0 Å². The van der Waals surface area contributed by atoms with Crippen LogP contribution in [0.3, 0.4) is 0 Å². The average Bonchev–Trinajstić information content (AvgIpc) is 2.80. The van der Waals surface area contributed by atoms with Crippen LogP contribution < -0.4 is 0 Å². The van der Waals surface area contributed by atoms with Gasteiger partial charge in [-0.2, -0.15) is 0 Å². The first-order valence-electron chi connectivity index (χ1n) is 6.28. The summed E-state index contributed by atoms with van der Waals surface area (Å²) in [5, 5.41) is 0. The number of halogens is 1. The van der Waals surface area contributed by atoms with Gasteiger partial charge in [-0.1, -0.05) is 30.9 Å². The lowest BCUT2D eigenvalue weighted by molar-refractivity contribution is 0.144. The highest BCUT2D eigenvalue weighted by Gasteiger charge is 2.20. The molecule has 1 atom stereocenters. The van der Waals surface area contributed by atoms with Gasteiger partial charge in [-0.15, -0.1) is 11.6 Å². The zero-order valence-electron chi connectivity index (χ0n) is 9.38. The van der Waals surface area contributed by atoms with Crippen molar-refractivity contribution in [1.29, 1.82) is 0 Å². The van der Waals surface area contributed by atoms with Crippen LogP contribution in [-0.4, -0.2) is 18.6 Å². The summed E-state index contributed by atoms with van der Waals surface area (Å²) in [6.45, 7) is 0.932. The number of ether oxygens (including phenoxy) is 1. The van der Waals surface area contributed by atoms with Crippen LogP contribution >= 0.6 is 11.6 Å². The maximum atomic E-state index is 6.06. The molecule has 0 aromatic rings. The summed E-state index contributed by atoms with van der Waals surface area (Å²) in [4.78, 5) is 0. The Labute approximate surface area is 97.8 Å². The molecule has 86 valence electrons. The summed E-state index contributed by atoms with van der Waals surface area (Å²) in [5.74, 6) is 1.45. The van der Waals surface area contributed by atoms with Crippen LogP contribution in [0.2, 0.25) is 0 Å². The number of alkyl halides is 1. The van der Waals surface area contributed by atoms with E-state index in [0.29, 0.717) is 12.0 Å². The van der Waals surface area contributed by atoms with Gasteiger partial charge in [0, 0.05) is 12.5 Å². The number of hydrogen-bond acceptors (Lipinski definition) is 1. The predicted octanol–water partition coefficient (Wildman–Crippen LogP) is 3.91. The van der Waals surface area contributed by atoms with Crippen LogP contribution in [0.25, 0.3) is 0 Å². The molecular weight excluding hydrogens is 208 g/mol. The molecule has 1 aliphatic carbocycles. The van der Waals surface area contributed by atoms with E-state index in [1.165, 1.54) is 50.5 Å². The monoisotopic (exact) mass is 228 g/mol. The van der Waals surface area contributed by atoms with E-state index in [1.807, 2.05) is 0 Å². The molecule has 1 saturated heterocycles. The van der Waals surface area contributed by atoms with E-state index < -0.39 is 0 Å². The van der Waals surface area contributed by atoms with E-state index in [1.54, 1.807) is 0 Å². The van der Waals surface area contributed by atoms with Crippen molar-refractivity contribution in [3.05, 3.63) is 11.6 Å². The summed E-state index contributed by atoms with van der Waals surface area (Å²) in [5.41, 5.74) is 1.45. The van der Waals surface area contributed by atoms with Crippen LogP contribution in [0.1, 0.15) is 44.9 Å². The van der Waals surface area contributed by atoms with Crippen LogP contribution in [-0.2, 0) is 4.74 Å². The molecule has 2 fully saturated rings. The van der Waals surface area contributed by atoms with Crippen molar-refractivity contribution in [2.75, 3.05) is 12.5 Å². The molecule has 15 heavy (non-hydrogen) atoms. The topological polar surface area (TPSA) is 9.23 Å². The third kappa shape index (κ3) is 3.22. The first kappa shape index (κ1) is 11.5. The predicted molar refractivity (Wildman–Crippen MR) is 64.4 cm³/mol. The Kier molecular flexibility index (Phi) is 4.52. The first-order valence-corrected chi connectivity index (χ1v) is 6.82. The number of hydrogen-bond donors (Lipinski definition) is 0. The molecule has 1 saturated carbocycles. The highest BCUT2D eigenvalue weighted by molar-refractivity contribution is 6.19. The average molecular weight is 229 g/mol. The maximum absolute atomic E-state index is 6.06. The maximum Gasteiger partial charge on any atom is 0.0759 e. The van der Waals surface area contributed by atoms with Gasteiger partial charge in [0.1, 0.15) is 0 Å². The van der Waals surface area contributed by atoms with Gasteiger partial charge >= 0.3 is 0 Å². The summed E-state index contributed by atoms with van der Waals surface area (Å²) in [7, 11) is 0. The lowest BCUT2D eigenvalue weighted by Gasteiger charge is -2.24. The quantitative estimate of drug-likeness (QED) is 0.526. The highest BCUT2D eigenvalue weighted by atomic mass is 35.5. The van der Waals surface area contributed by atoms with Gasteiger partial charge in [-0.3, -0.25) is 0 Å². The molecule has 0 spiro atoms. The fraction of sp³-hybridized carbons (Fsp3) is 0.846. The largest absolute Gasteiger partial charge is 0.374 e. The Bertz CT molecular complexity index is 213. The Morgan fingerprint density at radius 2 is 1.93 bits per heavy atom. The molecule has 1 unspecified atom stereocenters. The molecular formula is C13H21ClO. The fourth-order valence-electron chi connectivity index (χ4n) is 2.74. The third-order valence-electron chi connectivity index (χ3n) is 3.65. The van der Waals surface area contributed by atoms with E-state index in [-0.39, 0.29) is 0 Å². The summed E-state index contributed by atoms with van der Waals surface area (Å²) in [6.07, 6.45) is 11.9. The van der Waals surface area contributed by atoms with Crippen molar-refractivity contribution in [1.82, 2.24) is 0 Å². The van der Waals surface area contributed by atoms with Crippen molar-refractivity contribution in [2.45, 2.75) is 51.0 Å². The molecule has 1 heterocycles.